The van der Waals surface area contributed by atoms with Gasteiger partial charge in [0.1, 0.15) is 0 Å². The minimum Gasteiger partial charge on any atom is -0.103 e. The Balaban J connectivity index is 1.74. The Morgan fingerprint density at radius 3 is 2.13 bits per heavy atom. The van der Waals surface area contributed by atoms with Crippen LogP contribution in [0.4, 0.5) is 0 Å². The van der Waals surface area contributed by atoms with Gasteiger partial charge in [0.25, 0.3) is 0 Å². The second-order valence-electron chi connectivity index (χ2n) is 5.51. The van der Waals surface area contributed by atoms with Crippen LogP contribution in [0.1, 0.15) is 57.8 Å². The molecule has 2 aliphatic rings. The Hall–Kier alpha value is -0.260. The molecule has 0 aromatic heterocycles. The van der Waals surface area contributed by atoms with Gasteiger partial charge in [0.2, 0.25) is 0 Å². The smallest absolute Gasteiger partial charge is 0.0325 e. The molecule has 2 aliphatic carbocycles. The van der Waals surface area contributed by atoms with Gasteiger partial charge in [-0.05, 0) is 82.0 Å². The van der Waals surface area contributed by atoms with E-state index in [1.807, 2.05) is 0 Å². The third-order valence-corrected chi connectivity index (χ3v) is 4.54. The quantitative estimate of drug-likeness (QED) is 0.582. The molecule has 1 radical (unpaired) electrons. The molecule has 0 N–H and O–H groups in total. The van der Waals surface area contributed by atoms with Crippen LogP contribution in [0.15, 0.2) is 12.7 Å². The molecule has 0 aromatic carbocycles. The average Bonchev–Trinajstić information content (AvgIpc) is 2.32. The van der Waals surface area contributed by atoms with Gasteiger partial charge in [-0.3, -0.25) is 0 Å². The summed E-state index contributed by atoms with van der Waals surface area (Å²) in [6, 6.07) is 0. The molecule has 0 aliphatic heterocycles. The molecule has 0 amide bonds. The third-order valence-electron chi connectivity index (χ3n) is 4.54. The highest BCUT2D eigenvalue weighted by atomic mass is 14.3. The van der Waals surface area contributed by atoms with Crippen LogP contribution in [0.3, 0.4) is 0 Å². The second kappa shape index (κ2) is 5.72. The molecule has 0 heterocycles. The predicted octanol–water partition coefficient (Wildman–Crippen LogP) is 4.76. The van der Waals surface area contributed by atoms with E-state index in [2.05, 4.69) is 19.1 Å². The summed E-state index contributed by atoms with van der Waals surface area (Å²) in [6.45, 7) is 3.86. The number of hydrogen-bond donors (Lipinski definition) is 0. The maximum atomic E-state index is 3.86. The van der Waals surface area contributed by atoms with Crippen LogP contribution in [0.25, 0.3) is 0 Å². The van der Waals surface area contributed by atoms with E-state index in [1.165, 1.54) is 57.8 Å². The molecule has 85 valence electrons. The summed E-state index contributed by atoms with van der Waals surface area (Å²) < 4.78 is 0. The highest BCUT2D eigenvalue weighted by Crippen LogP contribution is 2.40. The van der Waals surface area contributed by atoms with Gasteiger partial charge in [0.15, 0.2) is 0 Å². The first kappa shape index (κ1) is 11.2. The summed E-state index contributed by atoms with van der Waals surface area (Å²) in [6.07, 6.45) is 17.5. The summed E-state index contributed by atoms with van der Waals surface area (Å²) in [5, 5.41) is 0. The first-order valence-electron chi connectivity index (χ1n) is 6.82. The zero-order valence-corrected chi connectivity index (χ0v) is 9.96. The molecule has 2 fully saturated rings. The third kappa shape index (κ3) is 3.09. The van der Waals surface area contributed by atoms with E-state index >= 15 is 0 Å². The molecule has 0 saturated heterocycles. The van der Waals surface area contributed by atoms with E-state index in [0.717, 1.165) is 17.8 Å². The molecule has 0 spiro atoms. The Morgan fingerprint density at radius 2 is 1.53 bits per heavy atom. The molecule has 15 heavy (non-hydrogen) atoms. The summed E-state index contributed by atoms with van der Waals surface area (Å²) in [7, 11) is 0. The lowest BCUT2D eigenvalue weighted by molar-refractivity contribution is 0.178. The van der Waals surface area contributed by atoms with Crippen molar-refractivity contribution in [2.24, 2.45) is 17.8 Å². The summed E-state index contributed by atoms with van der Waals surface area (Å²) in [4.78, 5) is 0. The normalized spacial score (nSPS) is 33.9. The molecule has 0 atom stereocenters. The monoisotopic (exact) mass is 205 g/mol. The van der Waals surface area contributed by atoms with Crippen LogP contribution in [0, 0.1) is 24.2 Å². The predicted molar refractivity (Wildman–Crippen MR) is 66.5 cm³/mol. The molecule has 0 heteroatoms. The van der Waals surface area contributed by atoms with Crippen molar-refractivity contribution in [3.05, 3.63) is 19.1 Å². The zero-order valence-electron chi connectivity index (χ0n) is 9.96. The molecule has 2 rings (SSSR count). The fourth-order valence-electron chi connectivity index (χ4n) is 3.55. The number of rotatable bonds is 3. The van der Waals surface area contributed by atoms with Crippen LogP contribution in [0.5, 0.6) is 0 Å². The lowest BCUT2D eigenvalue weighted by Crippen LogP contribution is -2.23. The van der Waals surface area contributed by atoms with Crippen molar-refractivity contribution in [2.45, 2.75) is 57.8 Å². The van der Waals surface area contributed by atoms with Gasteiger partial charge in [-0.2, -0.15) is 0 Å². The van der Waals surface area contributed by atoms with E-state index in [4.69, 9.17) is 0 Å². The molecular weight excluding hydrogens is 180 g/mol. The van der Waals surface area contributed by atoms with Gasteiger partial charge in [0.05, 0.1) is 0 Å². The maximum Gasteiger partial charge on any atom is -0.0325 e. The lowest BCUT2D eigenvalue weighted by Gasteiger charge is -2.35. The van der Waals surface area contributed by atoms with E-state index in [9.17, 15) is 0 Å². The van der Waals surface area contributed by atoms with Crippen LogP contribution in [0.2, 0.25) is 0 Å². The van der Waals surface area contributed by atoms with Crippen molar-refractivity contribution in [3.8, 4) is 0 Å². The van der Waals surface area contributed by atoms with Crippen molar-refractivity contribution in [1.29, 1.82) is 0 Å². The van der Waals surface area contributed by atoms with Crippen molar-refractivity contribution in [2.75, 3.05) is 0 Å². The van der Waals surface area contributed by atoms with Crippen LogP contribution in [-0.4, -0.2) is 0 Å². The Labute approximate surface area is 95.1 Å². The number of hydrogen-bond acceptors (Lipinski definition) is 0. The second-order valence-corrected chi connectivity index (χ2v) is 5.51. The summed E-state index contributed by atoms with van der Waals surface area (Å²) in [5.74, 6) is 3.10. The molecule has 0 unspecified atom stereocenters. The van der Waals surface area contributed by atoms with E-state index < -0.39 is 0 Å². The van der Waals surface area contributed by atoms with Crippen molar-refractivity contribution in [3.63, 3.8) is 0 Å². The largest absolute Gasteiger partial charge is 0.103 e. The Morgan fingerprint density at radius 1 is 0.933 bits per heavy atom. The van der Waals surface area contributed by atoms with E-state index in [0.29, 0.717) is 0 Å². The highest BCUT2D eigenvalue weighted by Gasteiger charge is 2.27. The SMILES string of the molecule is C=CC[C@H]1CC[C@H](C2CC[CH]CC2)CC1. The first-order valence-corrected chi connectivity index (χ1v) is 6.82. The van der Waals surface area contributed by atoms with Gasteiger partial charge in [0, 0.05) is 0 Å². The van der Waals surface area contributed by atoms with Crippen LogP contribution in [-0.2, 0) is 0 Å². The van der Waals surface area contributed by atoms with E-state index in [1.54, 1.807) is 0 Å². The fourth-order valence-corrected chi connectivity index (χ4v) is 3.55. The van der Waals surface area contributed by atoms with Gasteiger partial charge in [-0.25, -0.2) is 0 Å². The highest BCUT2D eigenvalue weighted by molar-refractivity contribution is 4.85. The van der Waals surface area contributed by atoms with Crippen molar-refractivity contribution >= 4 is 0 Å². The zero-order chi connectivity index (χ0) is 10.5. The van der Waals surface area contributed by atoms with Gasteiger partial charge in [-0.1, -0.05) is 6.08 Å². The van der Waals surface area contributed by atoms with Gasteiger partial charge >= 0.3 is 0 Å². The molecule has 2 saturated carbocycles. The minimum absolute atomic E-state index is 0.967. The van der Waals surface area contributed by atoms with Crippen LogP contribution < -0.4 is 0 Å². The Bertz CT molecular complexity index is 180. The summed E-state index contributed by atoms with van der Waals surface area (Å²) >= 11 is 0. The number of allylic oxidation sites excluding steroid dienone is 1. The molecule has 0 aromatic rings. The van der Waals surface area contributed by atoms with E-state index in [-0.39, 0.29) is 0 Å². The van der Waals surface area contributed by atoms with Crippen molar-refractivity contribution in [1.82, 2.24) is 0 Å². The first-order chi connectivity index (χ1) is 7.40. The Kier molecular flexibility index (Phi) is 4.29. The fraction of sp³-hybridized carbons (Fsp3) is 0.800. The van der Waals surface area contributed by atoms with Gasteiger partial charge in [-0.15, -0.1) is 6.58 Å². The maximum absolute atomic E-state index is 3.86. The van der Waals surface area contributed by atoms with Crippen molar-refractivity contribution < 1.29 is 0 Å². The lowest BCUT2D eigenvalue weighted by atomic mass is 9.70. The molecule has 0 bridgehead atoms. The molecular formula is C15H25. The topological polar surface area (TPSA) is 0 Å². The standard InChI is InChI=1S/C15H25/c1-2-6-13-9-11-15(12-10-13)14-7-4-3-5-8-14/h2-3,13-15H,1,4-12H2/t13-,15-. The van der Waals surface area contributed by atoms with Crippen LogP contribution >= 0.6 is 0 Å². The minimum atomic E-state index is 0.967. The van der Waals surface area contributed by atoms with Gasteiger partial charge < -0.3 is 0 Å². The molecule has 0 nitrogen and oxygen atoms in total. The average molecular weight is 205 g/mol. The summed E-state index contributed by atoms with van der Waals surface area (Å²) in [5.41, 5.74) is 0.